The van der Waals surface area contributed by atoms with Gasteiger partial charge in [-0.2, -0.15) is 0 Å². The van der Waals surface area contributed by atoms with Gasteiger partial charge in [-0.25, -0.2) is 9.59 Å². The quantitative estimate of drug-likeness (QED) is 0.551. The average Bonchev–Trinajstić information content (AvgIpc) is 3.03. The van der Waals surface area contributed by atoms with Gasteiger partial charge in [0.15, 0.2) is 6.61 Å². The van der Waals surface area contributed by atoms with Crippen molar-refractivity contribution < 1.29 is 19.1 Å². The number of nitrogens with one attached hydrogen (secondary N) is 2. The van der Waals surface area contributed by atoms with Gasteiger partial charge < -0.3 is 10.1 Å². The van der Waals surface area contributed by atoms with Crippen molar-refractivity contribution in [2.24, 2.45) is 0 Å². The molecule has 3 amide bonds. The Morgan fingerprint density at radius 2 is 1.66 bits per heavy atom. The fourth-order valence-corrected chi connectivity index (χ4v) is 3.36. The van der Waals surface area contributed by atoms with E-state index in [2.05, 4.69) is 10.6 Å². The number of hydrogen-bond acceptors (Lipinski definition) is 5. The summed E-state index contributed by atoms with van der Waals surface area (Å²) in [4.78, 5) is 48.5. The van der Waals surface area contributed by atoms with Gasteiger partial charge in [-0.1, -0.05) is 18.2 Å². The van der Waals surface area contributed by atoms with Crippen LogP contribution in [0.4, 0.5) is 10.5 Å². The van der Waals surface area contributed by atoms with Gasteiger partial charge >= 0.3 is 17.7 Å². The molecule has 0 fully saturated rings. The van der Waals surface area contributed by atoms with Gasteiger partial charge in [0.05, 0.1) is 17.5 Å². The first-order chi connectivity index (χ1) is 15.3. The van der Waals surface area contributed by atoms with Crippen molar-refractivity contribution in [3.05, 3.63) is 64.1 Å². The van der Waals surface area contributed by atoms with Crippen LogP contribution in [0.15, 0.2) is 47.3 Å². The van der Waals surface area contributed by atoms with Crippen LogP contribution in [0.1, 0.15) is 24.5 Å². The number of amides is 3. The second-order valence-corrected chi connectivity index (χ2v) is 7.38. The van der Waals surface area contributed by atoms with Crippen molar-refractivity contribution in [2.45, 2.75) is 40.3 Å². The molecule has 168 valence electrons. The number of urea groups is 1. The van der Waals surface area contributed by atoms with Crippen LogP contribution >= 0.6 is 0 Å². The van der Waals surface area contributed by atoms with Gasteiger partial charge in [-0.15, -0.1) is 0 Å². The number of fused-ring (bicyclic) bond motifs is 1. The van der Waals surface area contributed by atoms with E-state index in [0.29, 0.717) is 12.2 Å². The molecular formula is C23H26N4O5. The highest BCUT2D eigenvalue weighted by Gasteiger charge is 2.15. The number of nitrogens with zero attached hydrogens (tertiary/aromatic N) is 2. The van der Waals surface area contributed by atoms with E-state index in [1.54, 1.807) is 16.7 Å². The number of hydrogen-bond donors (Lipinski definition) is 2. The first kappa shape index (κ1) is 22.8. The summed E-state index contributed by atoms with van der Waals surface area (Å²) in [5.74, 6) is -1.39. The normalized spacial score (nSPS) is 10.7. The lowest BCUT2D eigenvalue weighted by atomic mass is 10.1. The van der Waals surface area contributed by atoms with Crippen LogP contribution < -0.4 is 16.3 Å². The van der Waals surface area contributed by atoms with E-state index in [4.69, 9.17) is 4.74 Å². The van der Waals surface area contributed by atoms with Crippen molar-refractivity contribution in [1.82, 2.24) is 14.5 Å². The number of para-hydroxylation sites is 2. The predicted molar refractivity (Wildman–Crippen MR) is 121 cm³/mol. The standard InChI is InChI=1S/C23H26N4O5/c1-4-26-18-7-5-6-8-19(18)27(23(26)31)12-11-21(29)32-14-20(28)25-22(30)24-17-10-9-15(2)16(3)13-17/h5-10,13H,4,11-12,14H2,1-3H3,(H2,24,25,28,30). The molecule has 9 nitrogen and oxygen atoms in total. The van der Waals surface area contributed by atoms with Crippen LogP contribution in [0, 0.1) is 13.8 Å². The molecule has 0 unspecified atom stereocenters. The molecule has 0 spiro atoms. The Bertz CT molecular complexity index is 1220. The van der Waals surface area contributed by atoms with E-state index in [0.717, 1.165) is 22.2 Å². The van der Waals surface area contributed by atoms with Crippen molar-refractivity contribution in [1.29, 1.82) is 0 Å². The third kappa shape index (κ3) is 5.23. The number of imidazole rings is 1. The number of imide groups is 1. The molecule has 0 aliphatic carbocycles. The Hall–Kier alpha value is -3.88. The number of esters is 1. The van der Waals surface area contributed by atoms with E-state index in [1.807, 2.05) is 51.1 Å². The molecule has 0 aliphatic heterocycles. The van der Waals surface area contributed by atoms with Crippen LogP contribution in [-0.4, -0.2) is 33.6 Å². The summed E-state index contributed by atoms with van der Waals surface area (Å²) in [5.41, 5.74) is 3.95. The largest absolute Gasteiger partial charge is 0.456 e. The number of benzene rings is 2. The third-order valence-corrected chi connectivity index (χ3v) is 5.16. The Balaban J connectivity index is 1.49. The van der Waals surface area contributed by atoms with Crippen LogP contribution in [-0.2, 0) is 27.4 Å². The first-order valence-corrected chi connectivity index (χ1v) is 10.3. The Labute approximate surface area is 185 Å². The minimum Gasteiger partial charge on any atom is -0.456 e. The van der Waals surface area contributed by atoms with Crippen molar-refractivity contribution in [3.63, 3.8) is 0 Å². The molecule has 2 N–H and O–H groups in total. The molecule has 3 rings (SSSR count). The fraction of sp³-hybridized carbons (Fsp3) is 0.304. The van der Waals surface area contributed by atoms with E-state index >= 15 is 0 Å². The lowest BCUT2D eigenvalue weighted by Gasteiger charge is -2.09. The number of carbonyl (C=O) groups excluding carboxylic acids is 3. The summed E-state index contributed by atoms with van der Waals surface area (Å²) in [5, 5.41) is 4.67. The van der Waals surface area contributed by atoms with Crippen LogP contribution in [0.3, 0.4) is 0 Å². The van der Waals surface area contributed by atoms with Gasteiger partial charge in [0, 0.05) is 18.8 Å². The molecule has 1 aromatic heterocycles. The minimum absolute atomic E-state index is 0.0836. The molecule has 9 heteroatoms. The average molecular weight is 438 g/mol. The highest BCUT2D eigenvalue weighted by Crippen LogP contribution is 2.14. The van der Waals surface area contributed by atoms with E-state index in [9.17, 15) is 19.2 Å². The Kier molecular flexibility index (Phi) is 7.09. The van der Waals surface area contributed by atoms with Gasteiger partial charge in [0.1, 0.15) is 0 Å². The highest BCUT2D eigenvalue weighted by atomic mass is 16.5. The van der Waals surface area contributed by atoms with Gasteiger partial charge in [0.2, 0.25) is 0 Å². The lowest BCUT2D eigenvalue weighted by molar-refractivity contribution is -0.148. The monoisotopic (exact) mass is 438 g/mol. The lowest BCUT2D eigenvalue weighted by Crippen LogP contribution is -2.37. The minimum atomic E-state index is -0.751. The first-order valence-electron chi connectivity index (χ1n) is 10.3. The summed E-state index contributed by atoms with van der Waals surface area (Å²) < 4.78 is 8.08. The fourth-order valence-electron chi connectivity index (χ4n) is 3.36. The number of anilines is 1. The molecule has 0 aliphatic rings. The molecule has 1 heterocycles. The number of aryl methyl sites for hydroxylation is 4. The van der Waals surface area contributed by atoms with E-state index < -0.39 is 24.5 Å². The summed E-state index contributed by atoms with van der Waals surface area (Å²) >= 11 is 0. The molecule has 0 saturated carbocycles. The maximum Gasteiger partial charge on any atom is 0.329 e. The summed E-state index contributed by atoms with van der Waals surface area (Å²) in [6.07, 6.45) is -0.0836. The molecule has 0 atom stereocenters. The van der Waals surface area contributed by atoms with Crippen LogP contribution in [0.25, 0.3) is 11.0 Å². The van der Waals surface area contributed by atoms with Crippen LogP contribution in [0.5, 0.6) is 0 Å². The molecule has 2 aromatic carbocycles. The van der Waals surface area contributed by atoms with E-state index in [1.165, 1.54) is 4.57 Å². The van der Waals surface area contributed by atoms with Crippen molar-refractivity contribution in [2.75, 3.05) is 11.9 Å². The highest BCUT2D eigenvalue weighted by molar-refractivity contribution is 6.01. The third-order valence-electron chi connectivity index (χ3n) is 5.16. The SMILES string of the molecule is CCn1c(=O)n(CCC(=O)OCC(=O)NC(=O)Nc2ccc(C)c(C)c2)c2ccccc21. The number of ether oxygens (including phenoxy) is 1. The Morgan fingerprint density at radius 3 is 2.31 bits per heavy atom. The molecule has 32 heavy (non-hydrogen) atoms. The summed E-state index contributed by atoms with van der Waals surface area (Å²) in [7, 11) is 0. The molecular weight excluding hydrogens is 412 g/mol. The van der Waals surface area contributed by atoms with Gasteiger partial charge in [-0.05, 0) is 56.2 Å². The maximum absolute atomic E-state index is 12.6. The van der Waals surface area contributed by atoms with Crippen LogP contribution in [0.2, 0.25) is 0 Å². The zero-order valence-electron chi connectivity index (χ0n) is 18.3. The smallest absolute Gasteiger partial charge is 0.329 e. The van der Waals surface area contributed by atoms with Crippen molar-refractivity contribution in [3.8, 4) is 0 Å². The maximum atomic E-state index is 12.6. The molecule has 0 saturated heterocycles. The Morgan fingerprint density at radius 1 is 0.969 bits per heavy atom. The topological polar surface area (TPSA) is 111 Å². The summed E-state index contributed by atoms with van der Waals surface area (Å²) in [6, 6.07) is 12.0. The van der Waals surface area contributed by atoms with Gasteiger partial charge in [-0.3, -0.25) is 24.0 Å². The molecule has 0 radical (unpaired) electrons. The number of carbonyl (C=O) groups is 3. The predicted octanol–water partition coefficient (Wildman–Crippen LogP) is 2.72. The molecule has 3 aromatic rings. The second-order valence-electron chi connectivity index (χ2n) is 7.38. The van der Waals surface area contributed by atoms with Gasteiger partial charge in [0.25, 0.3) is 5.91 Å². The zero-order chi connectivity index (χ0) is 23.3. The number of rotatable bonds is 7. The summed E-state index contributed by atoms with van der Waals surface area (Å²) in [6.45, 7) is 5.79. The van der Waals surface area contributed by atoms with Crippen molar-refractivity contribution >= 4 is 34.6 Å². The van der Waals surface area contributed by atoms with E-state index in [-0.39, 0.29) is 18.7 Å². The zero-order valence-corrected chi connectivity index (χ0v) is 18.3. The molecule has 0 bridgehead atoms. The number of aromatic nitrogens is 2. The second kappa shape index (κ2) is 9.95.